The molecule has 1 unspecified atom stereocenters. The van der Waals surface area contributed by atoms with Gasteiger partial charge in [0.1, 0.15) is 16.5 Å². The van der Waals surface area contributed by atoms with Gasteiger partial charge in [-0.1, -0.05) is 19.9 Å². The highest BCUT2D eigenvalue weighted by molar-refractivity contribution is 9.10. The topological polar surface area (TPSA) is 82.5 Å². The molecule has 0 aliphatic heterocycles. The molecule has 1 aromatic rings. The van der Waals surface area contributed by atoms with Gasteiger partial charge in [0.05, 0.1) is 0 Å². The van der Waals surface area contributed by atoms with Gasteiger partial charge in [-0.25, -0.2) is 9.78 Å². The molecule has 0 aromatic carbocycles. The monoisotopic (exact) mass is 329 g/mol. The summed E-state index contributed by atoms with van der Waals surface area (Å²) in [4.78, 5) is 28.2. The maximum atomic E-state index is 12.1. The third-order valence-electron chi connectivity index (χ3n) is 2.59. The van der Waals surface area contributed by atoms with Gasteiger partial charge in [0.25, 0.3) is 0 Å². The first-order valence-corrected chi connectivity index (χ1v) is 6.51. The maximum Gasteiger partial charge on any atom is 0.407 e. The van der Waals surface area contributed by atoms with Crippen molar-refractivity contribution in [2.75, 3.05) is 12.4 Å². The van der Waals surface area contributed by atoms with E-state index in [1.807, 2.05) is 0 Å². The average Bonchev–Trinajstić information content (AvgIpc) is 2.28. The summed E-state index contributed by atoms with van der Waals surface area (Å²) < 4.78 is 0.595. The van der Waals surface area contributed by atoms with Crippen LogP contribution in [0.1, 0.15) is 13.8 Å². The first-order chi connectivity index (χ1) is 8.82. The van der Waals surface area contributed by atoms with Crippen LogP contribution in [-0.4, -0.2) is 40.1 Å². The number of pyridine rings is 1. The quantitative estimate of drug-likeness (QED) is 0.831. The Hall–Kier alpha value is -1.63. The molecule has 0 spiro atoms. The molecule has 0 aliphatic carbocycles. The summed E-state index contributed by atoms with van der Waals surface area (Å²) in [6.45, 7) is 3.58. The highest BCUT2D eigenvalue weighted by Crippen LogP contribution is 2.14. The van der Waals surface area contributed by atoms with Crippen LogP contribution < -0.4 is 5.32 Å². The fraction of sp³-hybridized carbons (Fsp3) is 0.417. The van der Waals surface area contributed by atoms with Gasteiger partial charge in [0.2, 0.25) is 5.91 Å². The second-order valence-electron chi connectivity index (χ2n) is 4.42. The van der Waals surface area contributed by atoms with Gasteiger partial charge in [-0.05, 0) is 34.0 Å². The predicted octanol–water partition coefficient (Wildman–Crippen LogP) is 2.42. The van der Waals surface area contributed by atoms with Gasteiger partial charge in [0, 0.05) is 7.05 Å². The van der Waals surface area contributed by atoms with Crippen LogP contribution in [-0.2, 0) is 4.79 Å². The van der Waals surface area contributed by atoms with E-state index in [0.717, 1.165) is 4.90 Å². The lowest BCUT2D eigenvalue weighted by Crippen LogP contribution is -2.47. The van der Waals surface area contributed by atoms with Gasteiger partial charge >= 0.3 is 6.09 Å². The van der Waals surface area contributed by atoms with Crippen LogP contribution in [0.25, 0.3) is 0 Å². The van der Waals surface area contributed by atoms with E-state index < -0.39 is 18.0 Å². The van der Waals surface area contributed by atoms with Crippen LogP contribution in [0, 0.1) is 5.92 Å². The Labute approximate surface area is 120 Å². The first-order valence-electron chi connectivity index (χ1n) is 5.72. The molecule has 2 amide bonds. The SMILES string of the molecule is CC(C)C(C(=O)Nc1cccc(Br)n1)N(C)C(=O)O. The molecular formula is C12H16BrN3O3. The number of anilines is 1. The van der Waals surface area contributed by atoms with Crippen molar-refractivity contribution in [1.82, 2.24) is 9.88 Å². The number of carboxylic acid groups (broad SMARTS) is 1. The Bertz CT molecular complexity index is 479. The number of hydrogen-bond acceptors (Lipinski definition) is 3. The number of rotatable bonds is 4. The van der Waals surface area contributed by atoms with Crippen molar-refractivity contribution in [3.63, 3.8) is 0 Å². The fourth-order valence-electron chi connectivity index (χ4n) is 1.72. The van der Waals surface area contributed by atoms with Crippen LogP contribution in [0.15, 0.2) is 22.8 Å². The summed E-state index contributed by atoms with van der Waals surface area (Å²) in [5.41, 5.74) is 0. The van der Waals surface area contributed by atoms with Crippen LogP contribution in [0.4, 0.5) is 10.6 Å². The second-order valence-corrected chi connectivity index (χ2v) is 5.23. The highest BCUT2D eigenvalue weighted by Gasteiger charge is 2.29. The smallest absolute Gasteiger partial charge is 0.407 e. The minimum atomic E-state index is -1.14. The van der Waals surface area contributed by atoms with Gasteiger partial charge in [-0.15, -0.1) is 0 Å². The lowest BCUT2D eigenvalue weighted by molar-refractivity contribution is -0.121. The van der Waals surface area contributed by atoms with E-state index in [1.165, 1.54) is 7.05 Å². The first kappa shape index (κ1) is 15.4. The molecular weight excluding hydrogens is 314 g/mol. The van der Waals surface area contributed by atoms with Crippen molar-refractivity contribution in [3.8, 4) is 0 Å². The molecule has 104 valence electrons. The Morgan fingerprint density at radius 2 is 2.05 bits per heavy atom. The molecule has 0 saturated carbocycles. The Kier molecular flexibility index (Phi) is 5.29. The fourth-order valence-corrected chi connectivity index (χ4v) is 2.07. The van der Waals surface area contributed by atoms with Crippen molar-refractivity contribution >= 4 is 33.7 Å². The zero-order valence-corrected chi connectivity index (χ0v) is 12.5. The number of hydrogen-bond donors (Lipinski definition) is 2. The highest BCUT2D eigenvalue weighted by atomic mass is 79.9. The third kappa shape index (κ3) is 4.20. The van der Waals surface area contributed by atoms with E-state index in [4.69, 9.17) is 5.11 Å². The summed E-state index contributed by atoms with van der Waals surface area (Å²) in [6.07, 6.45) is -1.14. The Morgan fingerprint density at radius 3 is 2.53 bits per heavy atom. The van der Waals surface area contributed by atoms with Crippen LogP contribution >= 0.6 is 15.9 Å². The number of nitrogens with one attached hydrogen (secondary N) is 1. The van der Waals surface area contributed by atoms with Gasteiger partial charge in [0.15, 0.2) is 0 Å². The van der Waals surface area contributed by atoms with E-state index in [2.05, 4.69) is 26.2 Å². The average molecular weight is 330 g/mol. The van der Waals surface area contributed by atoms with Crippen molar-refractivity contribution < 1.29 is 14.7 Å². The van der Waals surface area contributed by atoms with Crippen LogP contribution in [0.5, 0.6) is 0 Å². The zero-order valence-electron chi connectivity index (χ0n) is 10.9. The number of aromatic nitrogens is 1. The summed E-state index contributed by atoms with van der Waals surface area (Å²) in [5, 5.41) is 11.6. The number of halogens is 1. The van der Waals surface area contributed by atoms with E-state index in [0.29, 0.717) is 10.4 Å². The molecule has 0 radical (unpaired) electrons. The van der Waals surface area contributed by atoms with Crippen molar-refractivity contribution in [2.45, 2.75) is 19.9 Å². The number of carbonyl (C=O) groups is 2. The number of carbonyl (C=O) groups excluding carboxylic acids is 1. The van der Waals surface area contributed by atoms with E-state index >= 15 is 0 Å². The minimum Gasteiger partial charge on any atom is -0.465 e. The van der Waals surface area contributed by atoms with E-state index in [1.54, 1.807) is 32.0 Å². The summed E-state index contributed by atoms with van der Waals surface area (Å²) in [7, 11) is 1.38. The van der Waals surface area contributed by atoms with Crippen molar-refractivity contribution in [2.24, 2.45) is 5.92 Å². The Balaban J connectivity index is 2.87. The van der Waals surface area contributed by atoms with Gasteiger partial charge in [-0.3, -0.25) is 9.69 Å². The van der Waals surface area contributed by atoms with Crippen molar-refractivity contribution in [3.05, 3.63) is 22.8 Å². The molecule has 19 heavy (non-hydrogen) atoms. The zero-order chi connectivity index (χ0) is 14.6. The third-order valence-corrected chi connectivity index (χ3v) is 3.03. The Morgan fingerprint density at radius 1 is 1.42 bits per heavy atom. The molecule has 6 nitrogen and oxygen atoms in total. The molecule has 0 aliphatic rings. The van der Waals surface area contributed by atoms with E-state index in [9.17, 15) is 9.59 Å². The number of amides is 2. The lowest BCUT2D eigenvalue weighted by Gasteiger charge is -2.27. The molecule has 1 rings (SSSR count). The summed E-state index contributed by atoms with van der Waals surface area (Å²) in [6, 6.07) is 4.34. The van der Waals surface area contributed by atoms with Crippen molar-refractivity contribution in [1.29, 1.82) is 0 Å². The summed E-state index contributed by atoms with van der Waals surface area (Å²) >= 11 is 3.20. The molecule has 0 fully saturated rings. The molecule has 1 heterocycles. The molecule has 0 saturated heterocycles. The van der Waals surface area contributed by atoms with Gasteiger partial charge < -0.3 is 10.4 Å². The molecule has 0 bridgehead atoms. The normalized spacial score (nSPS) is 12.1. The molecule has 1 atom stereocenters. The number of likely N-dealkylation sites (N-methyl/N-ethyl adjacent to an activating group) is 1. The van der Waals surface area contributed by atoms with Crippen LogP contribution in [0.3, 0.4) is 0 Å². The standard InChI is InChI=1S/C12H16BrN3O3/c1-7(2)10(16(3)12(18)19)11(17)15-9-6-4-5-8(13)14-9/h4-7,10H,1-3H3,(H,18,19)(H,14,15,17). The molecule has 2 N–H and O–H groups in total. The predicted molar refractivity (Wildman–Crippen MR) is 75.0 cm³/mol. The van der Waals surface area contributed by atoms with Crippen LogP contribution in [0.2, 0.25) is 0 Å². The molecule has 7 heteroatoms. The largest absolute Gasteiger partial charge is 0.465 e. The minimum absolute atomic E-state index is 0.145. The lowest BCUT2D eigenvalue weighted by atomic mass is 10.0. The second kappa shape index (κ2) is 6.51. The number of nitrogens with zero attached hydrogens (tertiary/aromatic N) is 2. The van der Waals surface area contributed by atoms with Gasteiger partial charge in [-0.2, -0.15) is 0 Å². The molecule has 1 aromatic heterocycles. The maximum absolute atomic E-state index is 12.1. The van der Waals surface area contributed by atoms with E-state index in [-0.39, 0.29) is 5.92 Å². The summed E-state index contributed by atoms with van der Waals surface area (Å²) in [5.74, 6) is -0.164.